The highest BCUT2D eigenvalue weighted by molar-refractivity contribution is 7.71. The molecule has 3 N–H and O–H groups in total. The van der Waals surface area contributed by atoms with Crippen molar-refractivity contribution in [3.05, 3.63) is 46.7 Å². The molecule has 2 rings (SSSR count). The number of hydrogen-bond donors (Lipinski definition) is 3. The third kappa shape index (κ3) is 3.69. The molecular formula is C11H11N5S. The van der Waals surface area contributed by atoms with Crippen molar-refractivity contribution in [3.63, 3.8) is 0 Å². The number of rotatable bonds is 4. The molecule has 86 valence electrons. The molecule has 0 spiro atoms. The standard InChI is InChI=1S/C11H11N5S/c17-11-13-10(15-16-11)14-12-8-4-7-9-5-2-1-3-6-9/h1-8H,(H3,13,14,15,16,17)/b7-4+,12-8-. The van der Waals surface area contributed by atoms with E-state index in [0.717, 1.165) is 5.56 Å². The number of allylic oxidation sites excluding steroid dienone is 1. The Bertz CT molecular complexity index is 567. The Kier molecular flexibility index (Phi) is 3.82. The molecule has 1 aromatic heterocycles. The predicted molar refractivity (Wildman–Crippen MR) is 71.4 cm³/mol. The van der Waals surface area contributed by atoms with Crippen molar-refractivity contribution in [3.8, 4) is 0 Å². The lowest BCUT2D eigenvalue weighted by Crippen LogP contribution is -1.90. The summed E-state index contributed by atoms with van der Waals surface area (Å²) in [5.41, 5.74) is 3.83. The van der Waals surface area contributed by atoms with Gasteiger partial charge in [-0.15, -0.1) is 0 Å². The zero-order valence-corrected chi connectivity index (χ0v) is 9.74. The second-order valence-electron chi connectivity index (χ2n) is 3.18. The molecule has 0 saturated carbocycles. The van der Waals surface area contributed by atoms with E-state index in [1.165, 1.54) is 0 Å². The minimum Gasteiger partial charge on any atom is -0.272 e. The summed E-state index contributed by atoms with van der Waals surface area (Å²) >= 11 is 4.79. The Morgan fingerprint density at radius 1 is 1.24 bits per heavy atom. The van der Waals surface area contributed by atoms with Crippen LogP contribution in [0.1, 0.15) is 5.56 Å². The molecule has 0 aliphatic carbocycles. The Labute approximate surface area is 103 Å². The van der Waals surface area contributed by atoms with Crippen molar-refractivity contribution in [1.82, 2.24) is 15.2 Å². The second-order valence-corrected chi connectivity index (χ2v) is 3.56. The van der Waals surface area contributed by atoms with Crippen LogP contribution in [0.25, 0.3) is 6.08 Å². The van der Waals surface area contributed by atoms with Crippen LogP contribution in [0.2, 0.25) is 0 Å². The first-order valence-electron chi connectivity index (χ1n) is 5.00. The molecule has 2 aromatic rings. The molecule has 0 aliphatic rings. The summed E-state index contributed by atoms with van der Waals surface area (Å²) in [7, 11) is 0. The number of hydrazone groups is 1. The number of aromatic amines is 2. The first-order chi connectivity index (χ1) is 8.34. The highest BCUT2D eigenvalue weighted by atomic mass is 32.1. The molecule has 0 unspecified atom stereocenters. The van der Waals surface area contributed by atoms with E-state index in [1.807, 2.05) is 42.5 Å². The number of aromatic nitrogens is 3. The van der Waals surface area contributed by atoms with E-state index in [2.05, 4.69) is 25.7 Å². The van der Waals surface area contributed by atoms with Crippen molar-refractivity contribution in [2.75, 3.05) is 5.43 Å². The van der Waals surface area contributed by atoms with E-state index in [9.17, 15) is 0 Å². The SMILES string of the molecule is S=c1nc(N/N=C\C=C\c2ccccc2)[nH][nH]1. The van der Waals surface area contributed by atoms with Gasteiger partial charge in [-0.1, -0.05) is 36.4 Å². The van der Waals surface area contributed by atoms with Crippen molar-refractivity contribution < 1.29 is 0 Å². The van der Waals surface area contributed by atoms with Gasteiger partial charge in [0, 0.05) is 6.21 Å². The summed E-state index contributed by atoms with van der Waals surface area (Å²) in [5, 5.41) is 9.33. The molecule has 6 heteroatoms. The van der Waals surface area contributed by atoms with Crippen LogP contribution >= 0.6 is 12.2 Å². The molecule has 0 aliphatic heterocycles. The molecule has 0 radical (unpaired) electrons. The number of benzene rings is 1. The molecule has 0 fully saturated rings. The number of nitrogens with zero attached hydrogens (tertiary/aromatic N) is 2. The molecular weight excluding hydrogens is 234 g/mol. The van der Waals surface area contributed by atoms with Gasteiger partial charge in [-0.25, -0.2) is 5.43 Å². The average molecular weight is 245 g/mol. The Morgan fingerprint density at radius 2 is 2.06 bits per heavy atom. The highest BCUT2D eigenvalue weighted by Crippen LogP contribution is 1.99. The molecule has 5 nitrogen and oxygen atoms in total. The molecule has 0 saturated heterocycles. The Morgan fingerprint density at radius 3 is 2.76 bits per heavy atom. The predicted octanol–water partition coefficient (Wildman–Crippen LogP) is 2.58. The van der Waals surface area contributed by atoms with Gasteiger partial charge in [0.05, 0.1) is 0 Å². The second kappa shape index (κ2) is 5.76. The summed E-state index contributed by atoms with van der Waals surface area (Å²) in [4.78, 5) is 3.92. The summed E-state index contributed by atoms with van der Waals surface area (Å²) in [6.07, 6.45) is 5.43. The van der Waals surface area contributed by atoms with Crippen LogP contribution in [0.4, 0.5) is 5.95 Å². The van der Waals surface area contributed by atoms with Gasteiger partial charge in [-0.05, 0) is 23.9 Å². The van der Waals surface area contributed by atoms with Gasteiger partial charge in [-0.2, -0.15) is 10.1 Å². The summed E-state index contributed by atoms with van der Waals surface area (Å²) in [6.45, 7) is 0. The zero-order valence-electron chi connectivity index (χ0n) is 8.92. The number of H-pyrrole nitrogens is 2. The fourth-order valence-electron chi connectivity index (χ4n) is 1.18. The molecule has 17 heavy (non-hydrogen) atoms. The van der Waals surface area contributed by atoms with Gasteiger partial charge in [0.15, 0.2) is 0 Å². The van der Waals surface area contributed by atoms with E-state index >= 15 is 0 Å². The monoisotopic (exact) mass is 245 g/mol. The van der Waals surface area contributed by atoms with Gasteiger partial charge < -0.3 is 0 Å². The van der Waals surface area contributed by atoms with E-state index in [4.69, 9.17) is 12.2 Å². The van der Waals surface area contributed by atoms with Crippen molar-refractivity contribution in [2.45, 2.75) is 0 Å². The highest BCUT2D eigenvalue weighted by Gasteiger charge is 1.89. The number of hydrogen-bond acceptors (Lipinski definition) is 4. The summed E-state index contributed by atoms with van der Waals surface area (Å²) < 4.78 is 0.391. The average Bonchev–Trinajstić information content (AvgIpc) is 2.76. The Hall–Kier alpha value is -2.21. The van der Waals surface area contributed by atoms with Crippen molar-refractivity contribution >= 4 is 30.5 Å². The van der Waals surface area contributed by atoms with Crippen LogP contribution in [0.3, 0.4) is 0 Å². The van der Waals surface area contributed by atoms with E-state index in [-0.39, 0.29) is 0 Å². The first-order valence-corrected chi connectivity index (χ1v) is 5.41. The fraction of sp³-hybridized carbons (Fsp3) is 0. The van der Waals surface area contributed by atoms with Crippen molar-refractivity contribution in [2.24, 2.45) is 5.10 Å². The number of nitrogens with one attached hydrogen (secondary N) is 3. The zero-order chi connectivity index (χ0) is 11.9. The van der Waals surface area contributed by atoms with Gasteiger partial charge >= 0.3 is 0 Å². The maximum atomic E-state index is 4.79. The lowest BCUT2D eigenvalue weighted by molar-refractivity contribution is 1.07. The lowest BCUT2D eigenvalue weighted by atomic mass is 10.2. The van der Waals surface area contributed by atoms with Gasteiger partial charge in [0.2, 0.25) is 10.7 Å². The largest absolute Gasteiger partial charge is 0.272 e. The van der Waals surface area contributed by atoms with Gasteiger partial charge in [0.1, 0.15) is 0 Å². The van der Waals surface area contributed by atoms with Crippen LogP contribution in [0, 0.1) is 4.77 Å². The van der Waals surface area contributed by atoms with Gasteiger partial charge in [0.25, 0.3) is 0 Å². The van der Waals surface area contributed by atoms with Crippen LogP contribution in [-0.2, 0) is 0 Å². The normalized spacial score (nSPS) is 11.3. The van der Waals surface area contributed by atoms with Gasteiger partial charge in [-0.3, -0.25) is 10.2 Å². The summed E-state index contributed by atoms with van der Waals surface area (Å²) in [5.74, 6) is 0.486. The van der Waals surface area contributed by atoms with Crippen LogP contribution < -0.4 is 5.43 Å². The van der Waals surface area contributed by atoms with Crippen molar-refractivity contribution in [1.29, 1.82) is 0 Å². The lowest BCUT2D eigenvalue weighted by Gasteiger charge is -1.90. The van der Waals surface area contributed by atoms with Crippen LogP contribution in [0.15, 0.2) is 41.5 Å². The maximum Gasteiger partial charge on any atom is 0.238 e. The first kappa shape index (κ1) is 11.3. The van der Waals surface area contributed by atoms with E-state index in [0.29, 0.717) is 10.7 Å². The van der Waals surface area contributed by atoms with E-state index in [1.54, 1.807) is 6.21 Å². The maximum absolute atomic E-state index is 4.79. The Balaban J connectivity index is 1.86. The summed E-state index contributed by atoms with van der Waals surface area (Å²) in [6, 6.07) is 9.98. The van der Waals surface area contributed by atoms with Crippen LogP contribution in [0.5, 0.6) is 0 Å². The molecule has 0 atom stereocenters. The molecule has 1 heterocycles. The smallest absolute Gasteiger partial charge is 0.238 e. The topological polar surface area (TPSA) is 68.9 Å². The molecule has 1 aromatic carbocycles. The quantitative estimate of drug-likeness (QED) is 0.440. The molecule has 0 amide bonds. The number of anilines is 1. The third-order valence-corrected chi connectivity index (χ3v) is 2.11. The molecule has 0 bridgehead atoms. The third-order valence-electron chi connectivity index (χ3n) is 1.92. The fourth-order valence-corrected chi connectivity index (χ4v) is 1.33. The minimum atomic E-state index is 0.391. The minimum absolute atomic E-state index is 0.391. The van der Waals surface area contributed by atoms with E-state index < -0.39 is 0 Å². The van der Waals surface area contributed by atoms with Crippen LogP contribution in [-0.4, -0.2) is 21.4 Å².